The summed E-state index contributed by atoms with van der Waals surface area (Å²) < 4.78 is 0. The molecule has 1 amide bonds. The van der Waals surface area contributed by atoms with Crippen molar-refractivity contribution in [3.8, 4) is 0 Å². The highest BCUT2D eigenvalue weighted by atomic mass is 35.5. The van der Waals surface area contributed by atoms with Crippen LogP contribution >= 0.6 is 11.6 Å². The minimum atomic E-state index is -0.383. The van der Waals surface area contributed by atoms with Crippen LogP contribution in [0.15, 0.2) is 6.20 Å². The van der Waals surface area contributed by atoms with Gasteiger partial charge in [0.15, 0.2) is 5.82 Å². The first-order valence-corrected chi connectivity index (χ1v) is 6.79. The van der Waals surface area contributed by atoms with Crippen molar-refractivity contribution in [1.82, 2.24) is 14.9 Å². The van der Waals surface area contributed by atoms with Gasteiger partial charge >= 0.3 is 0 Å². The highest BCUT2D eigenvalue weighted by Gasteiger charge is 2.22. The van der Waals surface area contributed by atoms with Crippen LogP contribution in [0.25, 0.3) is 0 Å². The number of anilines is 2. The van der Waals surface area contributed by atoms with Crippen LogP contribution in [0, 0.1) is 0 Å². The number of nitrogens with two attached hydrogens (primary N) is 1. The summed E-state index contributed by atoms with van der Waals surface area (Å²) in [6, 6.07) is -0.383. The number of nitrogens with one attached hydrogen (secondary N) is 1. The Bertz CT molecular complexity index is 461. The van der Waals surface area contributed by atoms with Crippen molar-refractivity contribution in [2.45, 2.75) is 32.2 Å². The summed E-state index contributed by atoms with van der Waals surface area (Å²) >= 11 is 5.72. The van der Waals surface area contributed by atoms with Crippen LogP contribution in [0.5, 0.6) is 0 Å². The number of hydrogen-bond donors (Lipinski definition) is 2. The molecular weight excluding hydrogens is 266 g/mol. The van der Waals surface area contributed by atoms with Gasteiger partial charge in [0.25, 0.3) is 0 Å². The number of hydrogen-bond acceptors (Lipinski definition) is 5. The average molecular weight is 284 g/mol. The maximum atomic E-state index is 12.2. The molecule has 0 spiro atoms. The summed E-state index contributed by atoms with van der Waals surface area (Å²) in [6.45, 7) is 3.45. The third-order valence-corrected chi connectivity index (χ3v) is 3.36. The molecule has 2 rings (SSSR count). The van der Waals surface area contributed by atoms with Crippen LogP contribution in [0.2, 0.25) is 5.28 Å². The van der Waals surface area contributed by atoms with Gasteiger partial charge < -0.3 is 16.0 Å². The molecule has 0 saturated carbocycles. The van der Waals surface area contributed by atoms with Crippen LogP contribution in [-0.2, 0) is 4.79 Å². The largest absolute Gasteiger partial charge is 0.394 e. The lowest BCUT2D eigenvalue weighted by atomic mass is 10.1. The molecule has 104 valence electrons. The molecule has 1 aliphatic rings. The quantitative estimate of drug-likeness (QED) is 0.822. The lowest BCUT2D eigenvalue weighted by Gasteiger charge is -2.29. The number of likely N-dealkylation sites (tertiary alicyclic amines) is 1. The number of nitrogens with zero attached hydrogens (tertiary/aromatic N) is 3. The van der Waals surface area contributed by atoms with E-state index in [4.69, 9.17) is 17.3 Å². The second-order valence-corrected chi connectivity index (χ2v) is 5.03. The number of piperidine rings is 1. The van der Waals surface area contributed by atoms with E-state index in [1.807, 2.05) is 4.90 Å². The predicted molar refractivity (Wildman–Crippen MR) is 75.0 cm³/mol. The first-order chi connectivity index (χ1) is 9.08. The lowest BCUT2D eigenvalue weighted by Crippen LogP contribution is -2.44. The van der Waals surface area contributed by atoms with Gasteiger partial charge in [0.1, 0.15) is 6.04 Å². The van der Waals surface area contributed by atoms with E-state index in [1.165, 1.54) is 12.6 Å². The monoisotopic (exact) mass is 283 g/mol. The van der Waals surface area contributed by atoms with Crippen molar-refractivity contribution in [1.29, 1.82) is 0 Å². The summed E-state index contributed by atoms with van der Waals surface area (Å²) in [5.74, 6) is 0.465. The fraction of sp³-hybridized carbons (Fsp3) is 0.583. The van der Waals surface area contributed by atoms with Crippen molar-refractivity contribution >= 4 is 29.0 Å². The first-order valence-electron chi connectivity index (χ1n) is 6.41. The molecule has 0 radical (unpaired) electrons. The molecule has 6 nitrogen and oxygen atoms in total. The molecule has 1 aromatic heterocycles. The van der Waals surface area contributed by atoms with E-state index < -0.39 is 0 Å². The van der Waals surface area contributed by atoms with Crippen molar-refractivity contribution < 1.29 is 4.79 Å². The van der Waals surface area contributed by atoms with Gasteiger partial charge in [-0.25, -0.2) is 4.98 Å². The van der Waals surface area contributed by atoms with Gasteiger partial charge in [0.05, 0.1) is 11.9 Å². The van der Waals surface area contributed by atoms with Crippen LogP contribution < -0.4 is 11.1 Å². The Balaban J connectivity index is 2.01. The van der Waals surface area contributed by atoms with Gasteiger partial charge in [-0.05, 0) is 37.8 Å². The van der Waals surface area contributed by atoms with Gasteiger partial charge in [-0.15, -0.1) is 0 Å². The average Bonchev–Trinajstić information content (AvgIpc) is 2.43. The number of rotatable bonds is 3. The highest BCUT2D eigenvalue weighted by Crippen LogP contribution is 2.18. The third kappa shape index (κ3) is 3.47. The molecule has 1 atom stereocenters. The van der Waals surface area contributed by atoms with Crippen LogP contribution in [0.3, 0.4) is 0 Å². The molecule has 1 aliphatic heterocycles. The van der Waals surface area contributed by atoms with Crippen LogP contribution in [-0.4, -0.2) is 39.9 Å². The predicted octanol–water partition coefficient (Wildman–Crippen LogP) is 1.53. The number of aromatic nitrogens is 2. The zero-order valence-corrected chi connectivity index (χ0v) is 11.7. The molecular formula is C12H18ClN5O. The topological polar surface area (TPSA) is 84.1 Å². The molecule has 2 heterocycles. The van der Waals surface area contributed by atoms with E-state index in [-0.39, 0.29) is 17.2 Å². The smallest absolute Gasteiger partial charge is 0.244 e. The van der Waals surface area contributed by atoms with Crippen LogP contribution in [0.1, 0.15) is 26.2 Å². The fourth-order valence-corrected chi connectivity index (χ4v) is 2.27. The minimum Gasteiger partial charge on any atom is -0.394 e. The second kappa shape index (κ2) is 6.06. The van der Waals surface area contributed by atoms with Crippen molar-refractivity contribution in [3.63, 3.8) is 0 Å². The van der Waals surface area contributed by atoms with E-state index in [1.54, 1.807) is 6.92 Å². The van der Waals surface area contributed by atoms with Gasteiger partial charge in [-0.3, -0.25) is 4.79 Å². The van der Waals surface area contributed by atoms with Gasteiger partial charge in [-0.2, -0.15) is 4.98 Å². The molecule has 3 N–H and O–H groups in total. The molecule has 7 heteroatoms. The van der Waals surface area contributed by atoms with E-state index in [0.29, 0.717) is 11.5 Å². The molecule has 0 bridgehead atoms. The molecule has 0 aliphatic carbocycles. The molecule has 1 unspecified atom stereocenters. The van der Waals surface area contributed by atoms with Gasteiger partial charge in [-0.1, -0.05) is 0 Å². The summed E-state index contributed by atoms with van der Waals surface area (Å²) in [7, 11) is 0. The van der Waals surface area contributed by atoms with Crippen molar-refractivity contribution in [2.24, 2.45) is 0 Å². The number of carbonyl (C=O) groups is 1. The maximum absolute atomic E-state index is 12.2. The lowest BCUT2D eigenvalue weighted by molar-refractivity contribution is -0.132. The summed E-state index contributed by atoms with van der Waals surface area (Å²) in [5.41, 5.74) is 6.12. The Kier molecular flexibility index (Phi) is 4.42. The summed E-state index contributed by atoms with van der Waals surface area (Å²) in [5, 5.41) is 3.10. The Morgan fingerprint density at radius 3 is 2.84 bits per heavy atom. The Labute approximate surface area is 117 Å². The number of carbonyl (C=O) groups excluding carboxylic acids is 1. The SMILES string of the molecule is CC(Nc1nc(Cl)ncc1N)C(=O)N1CCCCC1. The number of amides is 1. The maximum Gasteiger partial charge on any atom is 0.244 e. The number of halogens is 1. The molecule has 0 aromatic carbocycles. The van der Waals surface area contributed by atoms with E-state index in [0.717, 1.165) is 25.9 Å². The van der Waals surface area contributed by atoms with Gasteiger partial charge in [0.2, 0.25) is 11.2 Å². The zero-order valence-electron chi connectivity index (χ0n) is 10.9. The molecule has 1 aromatic rings. The Hall–Kier alpha value is -1.56. The zero-order chi connectivity index (χ0) is 13.8. The second-order valence-electron chi connectivity index (χ2n) is 4.69. The van der Waals surface area contributed by atoms with Crippen molar-refractivity contribution in [3.05, 3.63) is 11.5 Å². The minimum absolute atomic E-state index is 0.0637. The Morgan fingerprint density at radius 1 is 1.47 bits per heavy atom. The summed E-state index contributed by atoms with van der Waals surface area (Å²) in [4.78, 5) is 21.9. The van der Waals surface area contributed by atoms with Crippen LogP contribution in [0.4, 0.5) is 11.5 Å². The van der Waals surface area contributed by atoms with E-state index >= 15 is 0 Å². The third-order valence-electron chi connectivity index (χ3n) is 3.18. The molecule has 1 fully saturated rings. The van der Waals surface area contributed by atoms with Crippen molar-refractivity contribution in [2.75, 3.05) is 24.1 Å². The fourth-order valence-electron chi connectivity index (χ4n) is 2.14. The van der Waals surface area contributed by atoms with Gasteiger partial charge in [0, 0.05) is 13.1 Å². The number of nitrogen functional groups attached to an aromatic ring is 1. The molecule has 19 heavy (non-hydrogen) atoms. The van der Waals surface area contributed by atoms with E-state index in [2.05, 4.69) is 15.3 Å². The summed E-state index contributed by atoms with van der Waals surface area (Å²) in [6.07, 6.45) is 4.76. The first kappa shape index (κ1) is 13.9. The normalized spacial score (nSPS) is 17.1. The standard InChI is InChI=1S/C12H18ClN5O/c1-8(11(19)18-5-3-2-4-6-18)16-10-9(14)7-15-12(13)17-10/h7-8H,2-6,14H2,1H3,(H,15,16,17). The van der Waals surface area contributed by atoms with E-state index in [9.17, 15) is 4.79 Å². The molecule has 1 saturated heterocycles. The highest BCUT2D eigenvalue weighted by molar-refractivity contribution is 6.28. The Morgan fingerprint density at radius 2 is 2.16 bits per heavy atom.